The van der Waals surface area contributed by atoms with Crippen molar-refractivity contribution in [1.82, 2.24) is 4.72 Å². The van der Waals surface area contributed by atoms with Crippen LogP contribution in [-0.2, 0) is 24.3 Å². The molecule has 3 rings (SSSR count). The molecule has 1 saturated carbocycles. The molecule has 1 aliphatic carbocycles. The van der Waals surface area contributed by atoms with Gasteiger partial charge in [-0.15, -0.1) is 0 Å². The number of rotatable bonds is 7. The van der Waals surface area contributed by atoms with Gasteiger partial charge in [-0.2, -0.15) is 0 Å². The molecule has 31 heavy (non-hydrogen) atoms. The van der Waals surface area contributed by atoms with Crippen molar-refractivity contribution in [2.24, 2.45) is 0 Å². The molecule has 1 amide bonds. The first-order valence-electron chi connectivity index (χ1n) is 9.42. The van der Waals surface area contributed by atoms with Gasteiger partial charge in [0.1, 0.15) is 22.1 Å². The van der Waals surface area contributed by atoms with Crippen LogP contribution in [0.25, 0.3) is 0 Å². The number of carbonyl (C=O) groups is 2. The number of nitrogens with one attached hydrogen (secondary N) is 2. The van der Waals surface area contributed by atoms with E-state index < -0.39 is 27.6 Å². The van der Waals surface area contributed by atoms with Crippen LogP contribution in [0.15, 0.2) is 35.2 Å². The number of hydrogen-bond donors (Lipinski definition) is 3. The van der Waals surface area contributed by atoms with Crippen molar-refractivity contribution in [3.63, 3.8) is 0 Å². The average Bonchev–Trinajstić information content (AvgIpc) is 3.49. The zero-order chi connectivity index (χ0) is 22.8. The standard InChI is InChI=1S/C20H21ClN2O7S/c1-3-29-20(26)19(25)22-13-8-11(2)18(15(21)9-13)30-14-6-7-16(24)17(10-14)31(27,28)23-12-4-5-12/h6-10,12,23-24H,3-5H2,1-2H3,(H,22,25). The number of sulfonamides is 1. The van der Waals surface area contributed by atoms with Crippen LogP contribution in [0.1, 0.15) is 25.3 Å². The molecule has 0 atom stereocenters. The molecular formula is C20H21ClN2O7S. The van der Waals surface area contributed by atoms with Gasteiger partial charge in [0.25, 0.3) is 0 Å². The van der Waals surface area contributed by atoms with E-state index in [1.807, 2.05) is 0 Å². The molecule has 3 N–H and O–H groups in total. The Hall–Kier alpha value is -2.82. The summed E-state index contributed by atoms with van der Waals surface area (Å²) in [5.74, 6) is -2.00. The lowest BCUT2D eigenvalue weighted by Gasteiger charge is -2.14. The third kappa shape index (κ3) is 5.66. The van der Waals surface area contributed by atoms with E-state index in [0.29, 0.717) is 5.56 Å². The zero-order valence-electron chi connectivity index (χ0n) is 16.8. The molecule has 0 spiro atoms. The van der Waals surface area contributed by atoms with Gasteiger partial charge in [0.05, 0.1) is 11.6 Å². The van der Waals surface area contributed by atoms with Gasteiger partial charge in [0.15, 0.2) is 0 Å². The van der Waals surface area contributed by atoms with Crippen LogP contribution >= 0.6 is 11.6 Å². The summed E-state index contributed by atoms with van der Waals surface area (Å²) in [5, 5.41) is 12.5. The molecule has 0 bridgehead atoms. The Morgan fingerprint density at radius 1 is 1.23 bits per heavy atom. The molecule has 11 heteroatoms. The number of ether oxygens (including phenoxy) is 2. The van der Waals surface area contributed by atoms with Gasteiger partial charge in [0, 0.05) is 17.8 Å². The number of anilines is 1. The van der Waals surface area contributed by atoms with E-state index in [9.17, 15) is 23.1 Å². The Morgan fingerprint density at radius 2 is 1.94 bits per heavy atom. The molecule has 2 aromatic rings. The molecule has 1 aliphatic rings. The van der Waals surface area contributed by atoms with E-state index in [0.717, 1.165) is 12.8 Å². The fourth-order valence-corrected chi connectivity index (χ4v) is 4.41. The SMILES string of the molecule is CCOC(=O)C(=O)Nc1cc(C)c(Oc2ccc(O)c(S(=O)(=O)NC3CC3)c2)c(Cl)c1. The minimum Gasteiger partial charge on any atom is -0.507 e. The first-order valence-corrected chi connectivity index (χ1v) is 11.3. The van der Waals surface area contributed by atoms with Crippen molar-refractivity contribution >= 4 is 39.2 Å². The smallest absolute Gasteiger partial charge is 0.397 e. The molecule has 0 aromatic heterocycles. The lowest BCUT2D eigenvalue weighted by Crippen LogP contribution is -2.25. The van der Waals surface area contributed by atoms with Crippen molar-refractivity contribution < 1.29 is 32.6 Å². The minimum atomic E-state index is -3.90. The molecule has 0 unspecified atom stereocenters. The van der Waals surface area contributed by atoms with E-state index in [1.54, 1.807) is 13.8 Å². The summed E-state index contributed by atoms with van der Waals surface area (Å²) in [5.41, 5.74) is 0.774. The largest absolute Gasteiger partial charge is 0.507 e. The topological polar surface area (TPSA) is 131 Å². The quantitative estimate of drug-likeness (QED) is 0.420. The summed E-state index contributed by atoms with van der Waals surface area (Å²) in [6.07, 6.45) is 1.51. The maximum Gasteiger partial charge on any atom is 0.397 e. The van der Waals surface area contributed by atoms with E-state index in [2.05, 4.69) is 14.8 Å². The minimum absolute atomic E-state index is 0.0688. The highest BCUT2D eigenvalue weighted by Gasteiger charge is 2.30. The van der Waals surface area contributed by atoms with Gasteiger partial charge in [-0.3, -0.25) is 4.79 Å². The summed E-state index contributed by atoms with van der Waals surface area (Å²) in [7, 11) is -3.90. The summed E-state index contributed by atoms with van der Waals surface area (Å²) >= 11 is 6.27. The number of halogens is 1. The van der Waals surface area contributed by atoms with Crippen LogP contribution in [0.5, 0.6) is 17.2 Å². The number of phenols is 1. The fraction of sp³-hybridized carbons (Fsp3) is 0.300. The number of aryl methyl sites for hydroxylation is 1. The maximum absolute atomic E-state index is 12.5. The maximum atomic E-state index is 12.5. The van der Waals surface area contributed by atoms with E-state index in [-0.39, 0.29) is 39.8 Å². The van der Waals surface area contributed by atoms with Gasteiger partial charge in [-0.1, -0.05) is 11.6 Å². The summed E-state index contributed by atoms with van der Waals surface area (Å²) < 4.78 is 37.8. The molecule has 0 saturated heterocycles. The predicted molar refractivity (Wildman–Crippen MR) is 113 cm³/mol. The summed E-state index contributed by atoms with van der Waals surface area (Å²) in [6, 6.07) is 6.61. The third-order valence-corrected chi connectivity index (χ3v) is 6.12. The number of hydrogen-bond acceptors (Lipinski definition) is 7. The Kier molecular flexibility index (Phi) is 6.73. The number of aromatic hydroxyl groups is 1. The molecule has 0 aliphatic heterocycles. The van der Waals surface area contributed by atoms with Crippen molar-refractivity contribution in [2.75, 3.05) is 11.9 Å². The summed E-state index contributed by atoms with van der Waals surface area (Å²) in [4.78, 5) is 23.0. The molecule has 9 nitrogen and oxygen atoms in total. The second-order valence-corrected chi connectivity index (χ2v) is 9.00. The number of amides is 1. The van der Waals surface area contributed by atoms with Crippen LogP contribution < -0.4 is 14.8 Å². The molecule has 2 aromatic carbocycles. The Labute approximate surface area is 184 Å². The van der Waals surface area contributed by atoms with Crippen LogP contribution in [-0.4, -0.2) is 38.0 Å². The lowest BCUT2D eigenvalue weighted by molar-refractivity contribution is -0.152. The number of esters is 1. The van der Waals surface area contributed by atoms with Crippen LogP contribution in [0.4, 0.5) is 5.69 Å². The summed E-state index contributed by atoms with van der Waals surface area (Å²) in [6.45, 7) is 3.31. The second-order valence-electron chi connectivity index (χ2n) is 6.91. The van der Waals surface area contributed by atoms with Crippen molar-refractivity contribution in [3.05, 3.63) is 40.9 Å². The van der Waals surface area contributed by atoms with E-state index in [4.69, 9.17) is 16.3 Å². The highest BCUT2D eigenvalue weighted by atomic mass is 35.5. The van der Waals surface area contributed by atoms with Crippen LogP contribution in [0.3, 0.4) is 0 Å². The predicted octanol–water partition coefficient (Wildman–Crippen LogP) is 3.09. The Balaban J connectivity index is 1.82. The first kappa shape index (κ1) is 22.9. The zero-order valence-corrected chi connectivity index (χ0v) is 18.3. The molecule has 0 heterocycles. The van der Waals surface area contributed by atoms with Gasteiger partial charge in [-0.05, 0) is 56.5 Å². The third-order valence-electron chi connectivity index (χ3n) is 4.29. The Bertz CT molecular complexity index is 1110. The van der Waals surface area contributed by atoms with E-state index in [1.165, 1.54) is 30.3 Å². The highest BCUT2D eigenvalue weighted by Crippen LogP contribution is 2.37. The van der Waals surface area contributed by atoms with E-state index >= 15 is 0 Å². The monoisotopic (exact) mass is 468 g/mol. The normalized spacial score (nSPS) is 13.5. The second kappa shape index (κ2) is 9.13. The van der Waals surface area contributed by atoms with Crippen molar-refractivity contribution in [1.29, 1.82) is 0 Å². The molecule has 0 radical (unpaired) electrons. The van der Waals surface area contributed by atoms with Gasteiger partial charge >= 0.3 is 11.9 Å². The number of phenolic OH excluding ortho intramolecular Hbond substituents is 1. The van der Waals surface area contributed by atoms with Gasteiger partial charge < -0.3 is 19.9 Å². The highest BCUT2D eigenvalue weighted by molar-refractivity contribution is 7.89. The number of benzene rings is 2. The average molecular weight is 469 g/mol. The van der Waals surface area contributed by atoms with Crippen molar-refractivity contribution in [2.45, 2.75) is 37.6 Å². The van der Waals surface area contributed by atoms with Crippen LogP contribution in [0, 0.1) is 6.92 Å². The van der Waals surface area contributed by atoms with Crippen LogP contribution in [0.2, 0.25) is 5.02 Å². The molecule has 1 fully saturated rings. The molecular weight excluding hydrogens is 448 g/mol. The van der Waals surface area contributed by atoms with Gasteiger partial charge in [-0.25, -0.2) is 17.9 Å². The van der Waals surface area contributed by atoms with Crippen molar-refractivity contribution in [3.8, 4) is 17.2 Å². The number of carbonyl (C=O) groups excluding carboxylic acids is 2. The molecule has 166 valence electrons. The first-order chi connectivity index (χ1) is 14.6. The fourth-order valence-electron chi connectivity index (χ4n) is 2.69. The lowest BCUT2D eigenvalue weighted by atomic mass is 10.2. The Morgan fingerprint density at radius 3 is 2.55 bits per heavy atom. The van der Waals surface area contributed by atoms with Gasteiger partial charge in [0.2, 0.25) is 10.0 Å².